The molecule has 0 unspecified atom stereocenters. The van der Waals surface area contributed by atoms with E-state index in [-0.39, 0.29) is 0 Å². The highest BCUT2D eigenvalue weighted by molar-refractivity contribution is 6.29. The molecule has 0 N–H and O–H groups in total. The Morgan fingerprint density at radius 2 is 1.81 bits per heavy atom. The number of rotatable bonds is 2. The molecule has 16 heavy (non-hydrogen) atoms. The van der Waals surface area contributed by atoms with Crippen LogP contribution in [0.5, 0.6) is 0 Å². The standard InChI is InChI=1S/C11H17ClN4/c1-9(2)15-5-7-16(8-6-15)11-4-3-10(12)13-14-11/h3-4,9H,5-8H2,1-2H3. The van der Waals surface area contributed by atoms with Crippen molar-refractivity contribution < 1.29 is 0 Å². The quantitative estimate of drug-likeness (QED) is 0.787. The van der Waals surface area contributed by atoms with Gasteiger partial charge in [-0.2, -0.15) is 0 Å². The van der Waals surface area contributed by atoms with Gasteiger partial charge < -0.3 is 4.90 Å². The third-order valence-corrected chi connectivity index (χ3v) is 3.19. The lowest BCUT2D eigenvalue weighted by Crippen LogP contribution is -2.49. The number of hydrogen-bond acceptors (Lipinski definition) is 4. The summed E-state index contributed by atoms with van der Waals surface area (Å²) in [7, 11) is 0. The van der Waals surface area contributed by atoms with Crippen molar-refractivity contribution >= 4 is 17.4 Å². The van der Waals surface area contributed by atoms with Crippen molar-refractivity contribution in [1.82, 2.24) is 15.1 Å². The maximum atomic E-state index is 5.71. The predicted octanol–water partition coefficient (Wildman–Crippen LogP) is 1.66. The van der Waals surface area contributed by atoms with Crippen LogP contribution >= 0.6 is 11.6 Å². The zero-order valence-electron chi connectivity index (χ0n) is 9.73. The molecule has 1 aliphatic rings. The number of nitrogens with zero attached hydrogens (tertiary/aromatic N) is 4. The largest absolute Gasteiger partial charge is 0.353 e. The average molecular weight is 241 g/mol. The summed E-state index contributed by atoms with van der Waals surface area (Å²) in [6, 6.07) is 4.34. The van der Waals surface area contributed by atoms with Crippen LogP contribution in [0, 0.1) is 0 Å². The maximum Gasteiger partial charge on any atom is 0.151 e. The highest BCUT2D eigenvalue weighted by atomic mass is 35.5. The molecule has 1 aromatic rings. The second-order valence-electron chi connectivity index (χ2n) is 4.33. The minimum atomic E-state index is 0.449. The molecule has 1 aromatic heterocycles. The van der Waals surface area contributed by atoms with Gasteiger partial charge in [-0.25, -0.2) is 0 Å². The first-order chi connectivity index (χ1) is 7.66. The molecular formula is C11H17ClN4. The Balaban J connectivity index is 1.96. The molecule has 2 heterocycles. The van der Waals surface area contributed by atoms with Crippen LogP contribution in [0.3, 0.4) is 0 Å². The summed E-state index contributed by atoms with van der Waals surface area (Å²) in [5, 5.41) is 8.41. The average Bonchev–Trinajstić information content (AvgIpc) is 2.30. The summed E-state index contributed by atoms with van der Waals surface area (Å²) in [4.78, 5) is 4.72. The predicted molar refractivity (Wildman–Crippen MR) is 66.0 cm³/mol. The smallest absolute Gasteiger partial charge is 0.151 e. The monoisotopic (exact) mass is 240 g/mol. The van der Waals surface area contributed by atoms with Crippen molar-refractivity contribution in [2.24, 2.45) is 0 Å². The van der Waals surface area contributed by atoms with Crippen LogP contribution in [-0.2, 0) is 0 Å². The third kappa shape index (κ3) is 2.62. The summed E-state index contributed by atoms with van der Waals surface area (Å²) in [5.41, 5.74) is 0. The Bertz CT molecular complexity index is 330. The molecule has 2 rings (SSSR count). The second kappa shape index (κ2) is 4.97. The Hall–Kier alpha value is -0.870. The third-order valence-electron chi connectivity index (χ3n) is 2.99. The molecule has 1 fully saturated rings. The highest BCUT2D eigenvalue weighted by Crippen LogP contribution is 2.15. The topological polar surface area (TPSA) is 32.3 Å². The number of anilines is 1. The fourth-order valence-electron chi connectivity index (χ4n) is 1.95. The summed E-state index contributed by atoms with van der Waals surface area (Å²) in [5.74, 6) is 0.924. The molecule has 0 aromatic carbocycles. The zero-order valence-corrected chi connectivity index (χ0v) is 10.5. The first-order valence-corrected chi connectivity index (χ1v) is 6.03. The first kappa shape index (κ1) is 11.6. The SMILES string of the molecule is CC(C)N1CCN(c2ccc(Cl)nn2)CC1. The van der Waals surface area contributed by atoms with E-state index in [4.69, 9.17) is 11.6 Å². The van der Waals surface area contributed by atoms with Gasteiger partial charge in [-0.05, 0) is 26.0 Å². The van der Waals surface area contributed by atoms with Gasteiger partial charge in [0.15, 0.2) is 11.0 Å². The molecule has 0 spiro atoms. The summed E-state index contributed by atoms with van der Waals surface area (Å²) < 4.78 is 0. The van der Waals surface area contributed by atoms with Crippen LogP contribution in [0.2, 0.25) is 5.15 Å². The van der Waals surface area contributed by atoms with E-state index in [1.807, 2.05) is 6.07 Å². The molecule has 0 saturated carbocycles. The van der Waals surface area contributed by atoms with Gasteiger partial charge in [-0.15, -0.1) is 10.2 Å². The lowest BCUT2D eigenvalue weighted by atomic mass is 10.2. The molecule has 0 atom stereocenters. The number of aromatic nitrogens is 2. The fourth-order valence-corrected chi connectivity index (χ4v) is 2.05. The van der Waals surface area contributed by atoms with E-state index in [9.17, 15) is 0 Å². The molecule has 0 aliphatic carbocycles. The van der Waals surface area contributed by atoms with Gasteiger partial charge in [0.05, 0.1) is 0 Å². The Morgan fingerprint density at radius 3 is 2.31 bits per heavy atom. The minimum absolute atomic E-state index is 0.449. The van der Waals surface area contributed by atoms with Gasteiger partial charge in [0.2, 0.25) is 0 Å². The van der Waals surface area contributed by atoms with E-state index in [1.165, 1.54) is 0 Å². The van der Waals surface area contributed by atoms with Crippen molar-refractivity contribution in [3.05, 3.63) is 17.3 Å². The maximum absolute atomic E-state index is 5.71. The van der Waals surface area contributed by atoms with Crippen molar-refractivity contribution in [1.29, 1.82) is 0 Å². The zero-order chi connectivity index (χ0) is 11.5. The molecule has 88 valence electrons. The van der Waals surface area contributed by atoms with E-state index in [0.29, 0.717) is 11.2 Å². The number of piperazine rings is 1. The first-order valence-electron chi connectivity index (χ1n) is 5.65. The number of hydrogen-bond donors (Lipinski definition) is 0. The second-order valence-corrected chi connectivity index (χ2v) is 4.72. The summed E-state index contributed by atoms with van der Waals surface area (Å²) >= 11 is 5.71. The Morgan fingerprint density at radius 1 is 1.12 bits per heavy atom. The molecule has 0 bridgehead atoms. The fraction of sp³-hybridized carbons (Fsp3) is 0.636. The van der Waals surface area contributed by atoms with Gasteiger partial charge in [-0.3, -0.25) is 4.90 Å². The lowest BCUT2D eigenvalue weighted by molar-refractivity contribution is 0.209. The molecular weight excluding hydrogens is 224 g/mol. The van der Waals surface area contributed by atoms with Gasteiger partial charge in [0, 0.05) is 32.2 Å². The van der Waals surface area contributed by atoms with Crippen molar-refractivity contribution in [2.75, 3.05) is 31.1 Å². The van der Waals surface area contributed by atoms with Crippen molar-refractivity contribution in [3.63, 3.8) is 0 Å². The molecule has 4 nitrogen and oxygen atoms in total. The van der Waals surface area contributed by atoms with Crippen molar-refractivity contribution in [3.8, 4) is 0 Å². The number of halogens is 1. The van der Waals surface area contributed by atoms with Crippen LogP contribution in [0.1, 0.15) is 13.8 Å². The lowest BCUT2D eigenvalue weighted by Gasteiger charge is -2.37. The molecule has 0 amide bonds. The van der Waals surface area contributed by atoms with Crippen LogP contribution in [0.15, 0.2) is 12.1 Å². The Labute approximate surface area is 101 Å². The van der Waals surface area contributed by atoms with Crippen LogP contribution in [0.25, 0.3) is 0 Å². The van der Waals surface area contributed by atoms with Crippen molar-refractivity contribution in [2.45, 2.75) is 19.9 Å². The normalized spacial score (nSPS) is 18.1. The van der Waals surface area contributed by atoms with Crippen LogP contribution in [-0.4, -0.2) is 47.3 Å². The van der Waals surface area contributed by atoms with E-state index in [0.717, 1.165) is 32.0 Å². The minimum Gasteiger partial charge on any atom is -0.353 e. The van der Waals surface area contributed by atoms with E-state index >= 15 is 0 Å². The van der Waals surface area contributed by atoms with E-state index in [1.54, 1.807) is 6.07 Å². The van der Waals surface area contributed by atoms with Gasteiger partial charge >= 0.3 is 0 Å². The van der Waals surface area contributed by atoms with Gasteiger partial charge in [0.1, 0.15) is 0 Å². The van der Waals surface area contributed by atoms with Crippen LogP contribution in [0.4, 0.5) is 5.82 Å². The molecule has 1 aliphatic heterocycles. The Kier molecular flexibility index (Phi) is 3.61. The summed E-state index contributed by atoms with van der Waals surface area (Å²) in [6.07, 6.45) is 0. The highest BCUT2D eigenvalue weighted by Gasteiger charge is 2.19. The van der Waals surface area contributed by atoms with Crippen LogP contribution < -0.4 is 4.90 Å². The molecule has 5 heteroatoms. The van der Waals surface area contributed by atoms with Gasteiger partial charge in [0.25, 0.3) is 0 Å². The molecule has 0 radical (unpaired) electrons. The van der Waals surface area contributed by atoms with Gasteiger partial charge in [-0.1, -0.05) is 11.6 Å². The summed E-state index contributed by atoms with van der Waals surface area (Å²) in [6.45, 7) is 8.66. The molecule has 1 saturated heterocycles. The van der Waals surface area contributed by atoms with E-state index in [2.05, 4.69) is 33.8 Å². The van der Waals surface area contributed by atoms with E-state index < -0.39 is 0 Å².